The lowest BCUT2D eigenvalue weighted by molar-refractivity contribution is 0.350. The molecule has 0 aliphatic heterocycles. The number of aromatic nitrogens is 1. The van der Waals surface area contributed by atoms with Gasteiger partial charge in [-0.2, -0.15) is 0 Å². The fourth-order valence-corrected chi connectivity index (χ4v) is 1.70. The molecular weight excluding hydrogens is 222 g/mol. The summed E-state index contributed by atoms with van der Waals surface area (Å²) >= 11 is 6.01. The van der Waals surface area contributed by atoms with Crippen LogP contribution < -0.4 is 11.1 Å². The van der Waals surface area contributed by atoms with Gasteiger partial charge in [0.25, 0.3) is 0 Å². The van der Waals surface area contributed by atoms with Crippen LogP contribution in [-0.4, -0.2) is 18.1 Å². The third kappa shape index (κ3) is 4.37. The Morgan fingerprint density at radius 1 is 1.50 bits per heavy atom. The first-order valence-electron chi connectivity index (χ1n) is 5.60. The van der Waals surface area contributed by atoms with Gasteiger partial charge in [-0.15, -0.1) is 0 Å². The molecule has 0 saturated heterocycles. The molecule has 3 N–H and O–H groups in total. The van der Waals surface area contributed by atoms with E-state index in [1.807, 2.05) is 12.1 Å². The van der Waals surface area contributed by atoms with E-state index in [0.29, 0.717) is 5.02 Å². The Hall–Kier alpha value is -0.800. The van der Waals surface area contributed by atoms with E-state index in [1.165, 1.54) is 0 Å². The van der Waals surface area contributed by atoms with Crippen LogP contribution in [0.3, 0.4) is 0 Å². The van der Waals surface area contributed by atoms with E-state index >= 15 is 0 Å². The molecule has 0 aromatic carbocycles. The Kier molecular flexibility index (Phi) is 5.03. The second-order valence-electron chi connectivity index (χ2n) is 4.74. The summed E-state index contributed by atoms with van der Waals surface area (Å²) in [5.41, 5.74) is 5.72. The van der Waals surface area contributed by atoms with Gasteiger partial charge in [0.15, 0.2) is 0 Å². The van der Waals surface area contributed by atoms with Gasteiger partial charge >= 0.3 is 0 Å². The smallest absolute Gasteiger partial charge is 0.144 e. The SMILES string of the molecule is CC(C)(CCCN)CNc1ncccc1Cl. The molecule has 0 amide bonds. The maximum absolute atomic E-state index is 6.01. The van der Waals surface area contributed by atoms with Gasteiger partial charge in [-0.25, -0.2) is 4.98 Å². The number of halogens is 1. The maximum atomic E-state index is 6.01. The van der Waals surface area contributed by atoms with Gasteiger partial charge < -0.3 is 11.1 Å². The average Bonchev–Trinajstić information content (AvgIpc) is 2.26. The predicted molar refractivity (Wildman–Crippen MR) is 69.8 cm³/mol. The number of anilines is 1. The number of nitrogens with one attached hydrogen (secondary N) is 1. The lowest BCUT2D eigenvalue weighted by Gasteiger charge is -2.25. The second kappa shape index (κ2) is 6.06. The highest BCUT2D eigenvalue weighted by molar-refractivity contribution is 6.32. The van der Waals surface area contributed by atoms with Crippen molar-refractivity contribution >= 4 is 17.4 Å². The van der Waals surface area contributed by atoms with Gasteiger partial charge in [-0.05, 0) is 36.9 Å². The van der Waals surface area contributed by atoms with Crippen molar-refractivity contribution in [1.29, 1.82) is 0 Å². The Bertz CT molecular complexity index is 326. The lowest BCUT2D eigenvalue weighted by Crippen LogP contribution is -2.24. The largest absolute Gasteiger partial charge is 0.368 e. The molecule has 0 unspecified atom stereocenters. The van der Waals surface area contributed by atoms with Crippen LogP contribution in [0.1, 0.15) is 26.7 Å². The van der Waals surface area contributed by atoms with Crippen molar-refractivity contribution in [3.8, 4) is 0 Å². The van der Waals surface area contributed by atoms with Gasteiger partial charge in [-0.1, -0.05) is 25.4 Å². The van der Waals surface area contributed by atoms with Crippen molar-refractivity contribution in [3.05, 3.63) is 23.4 Å². The van der Waals surface area contributed by atoms with E-state index in [4.69, 9.17) is 17.3 Å². The highest BCUT2D eigenvalue weighted by Gasteiger charge is 2.17. The number of pyridine rings is 1. The fourth-order valence-electron chi connectivity index (χ4n) is 1.51. The summed E-state index contributed by atoms with van der Waals surface area (Å²) in [4.78, 5) is 4.19. The monoisotopic (exact) mass is 241 g/mol. The second-order valence-corrected chi connectivity index (χ2v) is 5.15. The van der Waals surface area contributed by atoms with E-state index in [9.17, 15) is 0 Å². The average molecular weight is 242 g/mol. The van der Waals surface area contributed by atoms with Crippen LogP contribution >= 0.6 is 11.6 Å². The Morgan fingerprint density at radius 2 is 2.25 bits per heavy atom. The quantitative estimate of drug-likeness (QED) is 0.805. The van der Waals surface area contributed by atoms with Crippen LogP contribution in [0.5, 0.6) is 0 Å². The Balaban J connectivity index is 2.47. The molecule has 0 aliphatic rings. The standard InChI is InChI=1S/C12H20ClN3/c1-12(2,6-4-7-14)9-16-11-10(13)5-3-8-15-11/h3,5,8H,4,6-7,9,14H2,1-2H3,(H,15,16). The van der Waals surface area contributed by atoms with Crippen LogP contribution in [0.15, 0.2) is 18.3 Å². The number of hydrogen-bond acceptors (Lipinski definition) is 3. The first-order chi connectivity index (χ1) is 7.55. The Morgan fingerprint density at radius 3 is 2.88 bits per heavy atom. The van der Waals surface area contributed by atoms with Crippen molar-refractivity contribution in [3.63, 3.8) is 0 Å². The van der Waals surface area contributed by atoms with Crippen molar-refractivity contribution in [2.75, 3.05) is 18.4 Å². The third-order valence-corrected chi connectivity index (χ3v) is 2.86. The molecule has 4 heteroatoms. The molecule has 3 nitrogen and oxygen atoms in total. The summed E-state index contributed by atoms with van der Waals surface area (Å²) in [6, 6.07) is 3.66. The molecule has 0 saturated carbocycles. The fraction of sp³-hybridized carbons (Fsp3) is 0.583. The van der Waals surface area contributed by atoms with Crippen LogP contribution in [0.25, 0.3) is 0 Å². The molecule has 0 radical (unpaired) electrons. The number of nitrogens with two attached hydrogens (primary N) is 1. The van der Waals surface area contributed by atoms with Gasteiger partial charge in [0.05, 0.1) is 5.02 Å². The summed E-state index contributed by atoms with van der Waals surface area (Å²) < 4.78 is 0. The highest BCUT2D eigenvalue weighted by Crippen LogP contribution is 2.24. The van der Waals surface area contributed by atoms with Gasteiger partial charge in [-0.3, -0.25) is 0 Å². The molecule has 1 rings (SSSR count). The summed E-state index contributed by atoms with van der Waals surface area (Å²) in [6.45, 7) is 6.02. The van der Waals surface area contributed by atoms with Crippen molar-refractivity contribution in [2.45, 2.75) is 26.7 Å². The molecule has 1 aromatic heterocycles. The molecule has 0 bridgehead atoms. The minimum atomic E-state index is 0.209. The number of rotatable bonds is 6. The first-order valence-corrected chi connectivity index (χ1v) is 5.97. The minimum Gasteiger partial charge on any atom is -0.368 e. The molecule has 1 aromatic rings. The summed E-state index contributed by atoms with van der Waals surface area (Å²) in [7, 11) is 0. The summed E-state index contributed by atoms with van der Waals surface area (Å²) in [5.74, 6) is 0.755. The molecule has 0 aliphatic carbocycles. The zero-order valence-corrected chi connectivity index (χ0v) is 10.7. The Labute approximate surface area is 102 Å². The molecule has 1 heterocycles. The number of hydrogen-bond donors (Lipinski definition) is 2. The van der Waals surface area contributed by atoms with Crippen molar-refractivity contribution in [1.82, 2.24) is 4.98 Å². The van der Waals surface area contributed by atoms with Gasteiger partial charge in [0, 0.05) is 12.7 Å². The molecule has 90 valence electrons. The van der Waals surface area contributed by atoms with E-state index in [1.54, 1.807) is 6.20 Å². The lowest BCUT2D eigenvalue weighted by atomic mass is 9.88. The van der Waals surface area contributed by atoms with Gasteiger partial charge in [0.1, 0.15) is 5.82 Å². The molecule has 16 heavy (non-hydrogen) atoms. The van der Waals surface area contributed by atoms with E-state index in [-0.39, 0.29) is 5.41 Å². The minimum absolute atomic E-state index is 0.209. The maximum Gasteiger partial charge on any atom is 0.144 e. The zero-order chi connectivity index (χ0) is 12.0. The van der Waals surface area contributed by atoms with Crippen LogP contribution in [0, 0.1) is 5.41 Å². The van der Waals surface area contributed by atoms with Crippen molar-refractivity contribution < 1.29 is 0 Å². The zero-order valence-electron chi connectivity index (χ0n) is 9.96. The summed E-state index contributed by atoms with van der Waals surface area (Å²) in [6.07, 6.45) is 3.88. The third-order valence-electron chi connectivity index (χ3n) is 2.55. The number of nitrogens with zero attached hydrogens (tertiary/aromatic N) is 1. The van der Waals surface area contributed by atoms with E-state index < -0.39 is 0 Å². The van der Waals surface area contributed by atoms with Crippen LogP contribution in [0.2, 0.25) is 5.02 Å². The predicted octanol–water partition coefficient (Wildman–Crippen LogP) is 2.91. The van der Waals surface area contributed by atoms with E-state index in [0.717, 1.165) is 31.7 Å². The normalized spacial score (nSPS) is 11.5. The molecular formula is C12H20ClN3. The molecule has 0 fully saturated rings. The molecule has 0 atom stereocenters. The first kappa shape index (κ1) is 13.3. The highest BCUT2D eigenvalue weighted by atomic mass is 35.5. The topological polar surface area (TPSA) is 50.9 Å². The summed E-state index contributed by atoms with van der Waals surface area (Å²) in [5, 5.41) is 3.94. The van der Waals surface area contributed by atoms with E-state index in [2.05, 4.69) is 24.1 Å². The van der Waals surface area contributed by atoms with Gasteiger partial charge in [0.2, 0.25) is 0 Å². The van der Waals surface area contributed by atoms with Crippen LogP contribution in [-0.2, 0) is 0 Å². The van der Waals surface area contributed by atoms with Crippen LogP contribution in [0.4, 0.5) is 5.82 Å². The molecule has 0 spiro atoms. The van der Waals surface area contributed by atoms with Crippen molar-refractivity contribution in [2.24, 2.45) is 11.1 Å².